The summed E-state index contributed by atoms with van der Waals surface area (Å²) < 4.78 is 15.1. The standard InChI is InChI=1S/C21H22FN3O3/c1-4-5-10-24-20(27)18(19(26)23-21(24)28)12-15-11-13(2)25(14(15)3)17-8-6-16(22)7-9-17/h6-9,11-12H,4-5,10H2,1-3H3,(H,23,26,28). The van der Waals surface area contributed by atoms with E-state index in [0.717, 1.165) is 28.4 Å². The van der Waals surface area contributed by atoms with Crippen LogP contribution in [-0.2, 0) is 9.59 Å². The fourth-order valence-electron chi connectivity index (χ4n) is 3.29. The quantitative estimate of drug-likeness (QED) is 0.635. The predicted molar refractivity (Wildman–Crippen MR) is 103 cm³/mol. The van der Waals surface area contributed by atoms with Gasteiger partial charge in [-0.1, -0.05) is 13.3 Å². The van der Waals surface area contributed by atoms with Gasteiger partial charge >= 0.3 is 6.03 Å². The van der Waals surface area contributed by atoms with Crippen molar-refractivity contribution in [1.29, 1.82) is 0 Å². The van der Waals surface area contributed by atoms with Gasteiger partial charge in [-0.05, 0) is 62.2 Å². The lowest BCUT2D eigenvalue weighted by Gasteiger charge is -2.26. The molecular formula is C21H22FN3O3. The van der Waals surface area contributed by atoms with E-state index in [4.69, 9.17) is 0 Å². The molecule has 6 nitrogen and oxygen atoms in total. The molecule has 0 aliphatic carbocycles. The third-order valence-electron chi connectivity index (χ3n) is 4.78. The number of nitrogens with zero attached hydrogens (tertiary/aromatic N) is 2. The first-order valence-electron chi connectivity index (χ1n) is 9.17. The molecule has 0 spiro atoms. The van der Waals surface area contributed by atoms with Crippen LogP contribution in [0.4, 0.5) is 9.18 Å². The Morgan fingerprint density at radius 1 is 1.11 bits per heavy atom. The molecule has 4 amide bonds. The smallest absolute Gasteiger partial charge is 0.318 e. The summed E-state index contributed by atoms with van der Waals surface area (Å²) in [5.41, 5.74) is 3.06. The summed E-state index contributed by atoms with van der Waals surface area (Å²) in [6.45, 7) is 5.96. The van der Waals surface area contributed by atoms with E-state index in [2.05, 4.69) is 5.32 Å². The van der Waals surface area contributed by atoms with E-state index >= 15 is 0 Å². The number of carbonyl (C=O) groups is 3. The molecule has 0 saturated carbocycles. The van der Waals surface area contributed by atoms with Crippen molar-refractivity contribution in [2.45, 2.75) is 33.6 Å². The first-order valence-corrected chi connectivity index (χ1v) is 9.17. The zero-order valence-electron chi connectivity index (χ0n) is 16.1. The van der Waals surface area contributed by atoms with Gasteiger partial charge in [-0.15, -0.1) is 0 Å². The van der Waals surface area contributed by atoms with Crippen molar-refractivity contribution in [3.05, 3.63) is 58.7 Å². The zero-order chi connectivity index (χ0) is 20.4. The lowest BCUT2D eigenvalue weighted by atomic mass is 10.1. The van der Waals surface area contributed by atoms with E-state index < -0.39 is 17.8 Å². The zero-order valence-corrected chi connectivity index (χ0v) is 16.1. The number of nitrogens with one attached hydrogen (secondary N) is 1. The molecule has 1 fully saturated rings. The number of hydrogen-bond acceptors (Lipinski definition) is 3. The van der Waals surface area contributed by atoms with E-state index in [0.29, 0.717) is 12.0 Å². The molecule has 7 heteroatoms. The van der Waals surface area contributed by atoms with Crippen molar-refractivity contribution >= 4 is 23.9 Å². The van der Waals surface area contributed by atoms with Crippen molar-refractivity contribution in [3.8, 4) is 5.69 Å². The third-order valence-corrected chi connectivity index (χ3v) is 4.78. The van der Waals surface area contributed by atoms with Crippen LogP contribution in [0.2, 0.25) is 0 Å². The van der Waals surface area contributed by atoms with Crippen LogP contribution in [0.25, 0.3) is 11.8 Å². The first kappa shape index (κ1) is 19.5. The van der Waals surface area contributed by atoms with E-state index in [1.807, 2.05) is 31.4 Å². The van der Waals surface area contributed by atoms with Gasteiger partial charge in [0.1, 0.15) is 11.4 Å². The maximum absolute atomic E-state index is 13.2. The highest BCUT2D eigenvalue weighted by Gasteiger charge is 2.35. The average molecular weight is 383 g/mol. The van der Waals surface area contributed by atoms with Gasteiger partial charge < -0.3 is 4.57 Å². The molecule has 0 unspecified atom stereocenters. The summed E-state index contributed by atoms with van der Waals surface area (Å²) in [7, 11) is 0. The minimum absolute atomic E-state index is 0.0740. The monoisotopic (exact) mass is 383 g/mol. The number of rotatable bonds is 5. The summed E-state index contributed by atoms with van der Waals surface area (Å²) in [5, 5.41) is 2.23. The molecule has 1 aliphatic rings. The maximum atomic E-state index is 13.2. The van der Waals surface area contributed by atoms with Crippen LogP contribution in [0.15, 0.2) is 35.9 Å². The Balaban J connectivity index is 1.99. The highest BCUT2D eigenvalue weighted by atomic mass is 19.1. The number of imide groups is 2. The lowest BCUT2D eigenvalue weighted by molar-refractivity contribution is -0.130. The fraction of sp³-hybridized carbons (Fsp3) is 0.286. The molecule has 28 heavy (non-hydrogen) atoms. The van der Waals surface area contributed by atoms with E-state index in [-0.39, 0.29) is 17.9 Å². The Morgan fingerprint density at radius 3 is 2.43 bits per heavy atom. The van der Waals surface area contributed by atoms with Crippen molar-refractivity contribution in [1.82, 2.24) is 14.8 Å². The van der Waals surface area contributed by atoms with Gasteiger partial charge in [-0.25, -0.2) is 9.18 Å². The SMILES string of the molecule is CCCCN1C(=O)NC(=O)C(=Cc2cc(C)n(-c3ccc(F)cc3)c2C)C1=O. The van der Waals surface area contributed by atoms with Crippen LogP contribution >= 0.6 is 0 Å². The number of unbranched alkanes of at least 4 members (excludes halogenated alkanes) is 1. The predicted octanol–water partition coefficient (Wildman–Crippen LogP) is 3.50. The van der Waals surface area contributed by atoms with Gasteiger partial charge in [0.25, 0.3) is 11.8 Å². The van der Waals surface area contributed by atoms with Crippen LogP contribution in [0.5, 0.6) is 0 Å². The first-order chi connectivity index (χ1) is 13.3. The minimum atomic E-state index is -0.700. The van der Waals surface area contributed by atoms with Crippen molar-refractivity contribution in [2.75, 3.05) is 6.54 Å². The van der Waals surface area contributed by atoms with Crippen molar-refractivity contribution < 1.29 is 18.8 Å². The van der Waals surface area contributed by atoms with E-state index in [9.17, 15) is 18.8 Å². The number of aryl methyl sites for hydroxylation is 1. The van der Waals surface area contributed by atoms with E-state index in [1.54, 1.807) is 12.1 Å². The molecule has 1 saturated heterocycles. The second-order valence-corrected chi connectivity index (χ2v) is 6.77. The van der Waals surface area contributed by atoms with Crippen LogP contribution in [0, 0.1) is 19.7 Å². The third kappa shape index (κ3) is 3.60. The Bertz CT molecular complexity index is 974. The molecule has 1 N–H and O–H groups in total. The molecule has 2 heterocycles. The number of hydrogen-bond donors (Lipinski definition) is 1. The van der Waals surface area contributed by atoms with Gasteiger partial charge in [0, 0.05) is 23.6 Å². The van der Waals surface area contributed by atoms with Crippen molar-refractivity contribution in [3.63, 3.8) is 0 Å². The van der Waals surface area contributed by atoms with Crippen LogP contribution in [-0.4, -0.2) is 33.9 Å². The van der Waals surface area contributed by atoms with Crippen LogP contribution in [0.1, 0.15) is 36.7 Å². The second-order valence-electron chi connectivity index (χ2n) is 6.77. The number of halogens is 1. The van der Waals surface area contributed by atoms with E-state index in [1.165, 1.54) is 18.2 Å². The number of urea groups is 1. The summed E-state index contributed by atoms with van der Waals surface area (Å²) in [4.78, 5) is 38.0. The van der Waals surface area contributed by atoms with Crippen LogP contribution in [0.3, 0.4) is 0 Å². The molecular weight excluding hydrogens is 361 g/mol. The topological polar surface area (TPSA) is 71.4 Å². The molecule has 1 aliphatic heterocycles. The van der Waals surface area contributed by atoms with Gasteiger partial charge in [0.2, 0.25) is 0 Å². The summed E-state index contributed by atoms with van der Waals surface area (Å²) >= 11 is 0. The van der Waals surface area contributed by atoms with Crippen LogP contribution < -0.4 is 5.32 Å². The van der Waals surface area contributed by atoms with Gasteiger partial charge in [-0.3, -0.25) is 19.8 Å². The number of benzene rings is 1. The minimum Gasteiger partial charge on any atom is -0.318 e. The molecule has 3 rings (SSSR count). The number of barbiturate groups is 1. The van der Waals surface area contributed by atoms with Gasteiger partial charge in [0.05, 0.1) is 0 Å². The molecule has 1 aromatic carbocycles. The molecule has 0 atom stereocenters. The lowest BCUT2D eigenvalue weighted by Crippen LogP contribution is -2.54. The fourth-order valence-corrected chi connectivity index (χ4v) is 3.29. The highest BCUT2D eigenvalue weighted by Crippen LogP contribution is 2.24. The average Bonchev–Trinajstić information content (AvgIpc) is 2.93. The maximum Gasteiger partial charge on any atom is 0.331 e. The highest BCUT2D eigenvalue weighted by molar-refractivity contribution is 6.31. The molecule has 2 aromatic rings. The molecule has 1 aromatic heterocycles. The number of carbonyl (C=O) groups excluding carboxylic acids is 3. The second kappa shape index (κ2) is 7.80. The Labute approximate surface area is 162 Å². The summed E-state index contributed by atoms with van der Waals surface area (Å²) in [6, 6.07) is 7.24. The summed E-state index contributed by atoms with van der Waals surface area (Å²) in [5.74, 6) is -1.61. The van der Waals surface area contributed by atoms with Crippen molar-refractivity contribution in [2.24, 2.45) is 0 Å². The Morgan fingerprint density at radius 2 is 1.79 bits per heavy atom. The summed E-state index contributed by atoms with van der Waals surface area (Å²) in [6.07, 6.45) is 2.99. The number of aromatic nitrogens is 1. The van der Waals surface area contributed by atoms with Gasteiger partial charge in [0.15, 0.2) is 0 Å². The molecule has 146 valence electrons. The van der Waals surface area contributed by atoms with Gasteiger partial charge in [-0.2, -0.15) is 0 Å². The Hall–Kier alpha value is -3.22. The Kier molecular flexibility index (Phi) is 5.44. The number of amides is 4. The molecule has 0 bridgehead atoms. The largest absolute Gasteiger partial charge is 0.331 e. The molecule has 0 radical (unpaired) electrons. The normalized spacial score (nSPS) is 16.1.